The van der Waals surface area contributed by atoms with Gasteiger partial charge in [-0.25, -0.2) is 0 Å². The highest BCUT2D eigenvalue weighted by molar-refractivity contribution is 4.91. The summed E-state index contributed by atoms with van der Waals surface area (Å²) in [4.78, 5) is 0. The van der Waals surface area contributed by atoms with Crippen LogP contribution in [0.1, 0.15) is 0 Å². The Morgan fingerprint density at radius 3 is 2.31 bits per heavy atom. The zero-order valence-corrected chi connectivity index (χ0v) is 7.29. The molecule has 0 spiro atoms. The maximum Gasteiger partial charge on any atom is 0.173 e. The molecule has 1 saturated heterocycles. The summed E-state index contributed by atoms with van der Waals surface area (Å²) in [6.45, 7) is -0.439. The van der Waals surface area contributed by atoms with E-state index in [2.05, 4.69) is 5.32 Å². The fourth-order valence-corrected chi connectivity index (χ4v) is 1.41. The van der Waals surface area contributed by atoms with E-state index in [-0.39, 0.29) is 0 Å². The van der Waals surface area contributed by atoms with Crippen LogP contribution in [0.5, 0.6) is 0 Å². The first kappa shape index (κ1) is 10.8. The summed E-state index contributed by atoms with van der Waals surface area (Å²) in [5, 5.41) is 39.4. The van der Waals surface area contributed by atoms with Crippen molar-refractivity contribution in [3.63, 3.8) is 0 Å². The number of nitrogens with one attached hydrogen (secondary N) is 1. The second kappa shape index (κ2) is 4.32. The Hall–Kier alpha value is -0.240. The molecule has 78 valence electrons. The average Bonchev–Trinajstić information content (AvgIpc) is 2.12. The van der Waals surface area contributed by atoms with Crippen LogP contribution in [0.25, 0.3) is 0 Å². The fraction of sp³-hybridized carbons (Fsp3) is 1.00. The first-order valence-electron chi connectivity index (χ1n) is 4.09. The first-order valence-corrected chi connectivity index (χ1v) is 4.09. The van der Waals surface area contributed by atoms with E-state index >= 15 is 0 Å². The minimum Gasteiger partial charge on any atom is -0.394 e. The van der Waals surface area contributed by atoms with Gasteiger partial charge in [0.05, 0.1) is 12.6 Å². The lowest BCUT2D eigenvalue weighted by Crippen LogP contribution is -2.62. The summed E-state index contributed by atoms with van der Waals surface area (Å²) in [5.41, 5.74) is 0. The molecule has 1 aliphatic rings. The van der Waals surface area contributed by atoms with Crippen LogP contribution >= 0.6 is 0 Å². The second-order valence-corrected chi connectivity index (χ2v) is 3.04. The van der Waals surface area contributed by atoms with Gasteiger partial charge in [-0.05, 0) is 7.05 Å². The average molecular weight is 193 g/mol. The van der Waals surface area contributed by atoms with Crippen LogP contribution in [0.4, 0.5) is 0 Å². The topological polar surface area (TPSA) is 102 Å². The zero-order valence-electron chi connectivity index (χ0n) is 7.29. The zero-order chi connectivity index (χ0) is 10.0. The van der Waals surface area contributed by atoms with Gasteiger partial charge in [-0.2, -0.15) is 0 Å². The van der Waals surface area contributed by atoms with Crippen LogP contribution in [0.3, 0.4) is 0 Å². The van der Waals surface area contributed by atoms with Crippen molar-refractivity contribution in [2.45, 2.75) is 30.6 Å². The molecule has 13 heavy (non-hydrogen) atoms. The van der Waals surface area contributed by atoms with Gasteiger partial charge in [-0.1, -0.05) is 0 Å². The van der Waals surface area contributed by atoms with Gasteiger partial charge in [0.25, 0.3) is 0 Å². The Balaban J connectivity index is 2.66. The molecule has 0 aromatic rings. The Labute approximate surface area is 75.8 Å². The van der Waals surface area contributed by atoms with Crippen molar-refractivity contribution < 1.29 is 25.2 Å². The second-order valence-electron chi connectivity index (χ2n) is 3.04. The van der Waals surface area contributed by atoms with Gasteiger partial charge in [-0.15, -0.1) is 0 Å². The summed E-state index contributed by atoms with van der Waals surface area (Å²) >= 11 is 0. The summed E-state index contributed by atoms with van der Waals surface area (Å²) in [6.07, 6.45) is -4.49. The van der Waals surface area contributed by atoms with E-state index in [4.69, 9.17) is 9.84 Å². The van der Waals surface area contributed by atoms with Crippen LogP contribution in [0.2, 0.25) is 0 Å². The molecule has 5 N–H and O–H groups in total. The fourth-order valence-electron chi connectivity index (χ4n) is 1.41. The Morgan fingerprint density at radius 2 is 1.85 bits per heavy atom. The summed E-state index contributed by atoms with van der Waals surface area (Å²) in [6, 6.07) is -0.738. The highest BCUT2D eigenvalue weighted by atomic mass is 16.6. The molecule has 0 bridgehead atoms. The van der Waals surface area contributed by atoms with Gasteiger partial charge < -0.3 is 30.5 Å². The summed E-state index contributed by atoms with van der Waals surface area (Å²) in [7, 11) is 1.53. The number of rotatable bonds is 2. The van der Waals surface area contributed by atoms with Gasteiger partial charge in [0.2, 0.25) is 0 Å². The standard InChI is InChI=1S/C7H15NO5/c1-8-4-6(11)5(10)3(2-9)13-7(4)12/h3-12H,2H2,1H3/t3-,4+,5+,6-,7-/m1/s1. The van der Waals surface area contributed by atoms with Crippen LogP contribution in [-0.2, 0) is 4.74 Å². The van der Waals surface area contributed by atoms with Crippen molar-refractivity contribution in [1.29, 1.82) is 0 Å². The number of aliphatic hydroxyl groups is 4. The molecule has 5 atom stereocenters. The van der Waals surface area contributed by atoms with Crippen molar-refractivity contribution in [1.82, 2.24) is 5.32 Å². The van der Waals surface area contributed by atoms with Crippen molar-refractivity contribution in [2.75, 3.05) is 13.7 Å². The molecular formula is C7H15NO5. The van der Waals surface area contributed by atoms with E-state index in [0.29, 0.717) is 0 Å². The van der Waals surface area contributed by atoms with E-state index in [1.807, 2.05) is 0 Å². The van der Waals surface area contributed by atoms with Crippen molar-refractivity contribution >= 4 is 0 Å². The maximum absolute atomic E-state index is 9.45. The highest BCUT2D eigenvalue weighted by Crippen LogP contribution is 2.18. The van der Waals surface area contributed by atoms with Gasteiger partial charge in [0, 0.05) is 0 Å². The van der Waals surface area contributed by atoms with E-state index in [1.165, 1.54) is 7.05 Å². The lowest BCUT2D eigenvalue weighted by Gasteiger charge is -2.39. The third-order valence-electron chi connectivity index (χ3n) is 2.23. The summed E-state index contributed by atoms with van der Waals surface area (Å²) in [5.74, 6) is 0. The molecule has 6 nitrogen and oxygen atoms in total. The molecule has 0 aromatic carbocycles. The number of hydrogen-bond acceptors (Lipinski definition) is 6. The van der Waals surface area contributed by atoms with E-state index in [0.717, 1.165) is 0 Å². The molecule has 6 heteroatoms. The van der Waals surface area contributed by atoms with E-state index in [9.17, 15) is 15.3 Å². The monoisotopic (exact) mass is 193 g/mol. The molecule has 0 radical (unpaired) electrons. The van der Waals surface area contributed by atoms with Gasteiger partial charge in [0.15, 0.2) is 6.29 Å². The molecule has 1 heterocycles. The summed E-state index contributed by atoms with van der Waals surface area (Å²) < 4.78 is 4.85. The van der Waals surface area contributed by atoms with Crippen LogP contribution in [0, 0.1) is 0 Å². The van der Waals surface area contributed by atoms with E-state index < -0.39 is 37.3 Å². The third kappa shape index (κ3) is 1.98. The molecule has 1 aliphatic heterocycles. The third-order valence-corrected chi connectivity index (χ3v) is 2.23. The Morgan fingerprint density at radius 1 is 1.23 bits per heavy atom. The minimum absolute atomic E-state index is 0.439. The molecule has 0 saturated carbocycles. The van der Waals surface area contributed by atoms with Gasteiger partial charge >= 0.3 is 0 Å². The van der Waals surface area contributed by atoms with Crippen molar-refractivity contribution in [2.24, 2.45) is 0 Å². The minimum atomic E-state index is -1.22. The Bertz CT molecular complexity index is 167. The SMILES string of the molecule is CN[C@H]1[C@@H](O)[C@@H](O)[C@@H](CO)O[C@H]1O. The number of likely N-dealkylation sites (N-methyl/N-ethyl adjacent to an activating group) is 1. The molecule has 0 aromatic heterocycles. The lowest BCUT2D eigenvalue weighted by molar-refractivity contribution is -0.253. The number of hydrogen-bond donors (Lipinski definition) is 5. The first-order chi connectivity index (χ1) is 6.11. The molecule has 0 aliphatic carbocycles. The molecule has 1 rings (SSSR count). The van der Waals surface area contributed by atoms with Crippen LogP contribution < -0.4 is 5.32 Å². The predicted molar refractivity (Wildman–Crippen MR) is 42.8 cm³/mol. The Kier molecular flexibility index (Phi) is 3.60. The van der Waals surface area contributed by atoms with Crippen LogP contribution in [0.15, 0.2) is 0 Å². The van der Waals surface area contributed by atoms with E-state index in [1.54, 1.807) is 0 Å². The van der Waals surface area contributed by atoms with Crippen molar-refractivity contribution in [3.05, 3.63) is 0 Å². The molecule has 0 amide bonds. The van der Waals surface area contributed by atoms with Crippen LogP contribution in [-0.4, -0.2) is 64.7 Å². The molecule has 0 unspecified atom stereocenters. The molecular weight excluding hydrogens is 178 g/mol. The van der Waals surface area contributed by atoms with Crippen molar-refractivity contribution in [3.8, 4) is 0 Å². The smallest absolute Gasteiger partial charge is 0.173 e. The number of ether oxygens (including phenoxy) is 1. The molecule has 1 fully saturated rings. The highest BCUT2D eigenvalue weighted by Gasteiger charge is 2.42. The largest absolute Gasteiger partial charge is 0.394 e. The van der Waals surface area contributed by atoms with Gasteiger partial charge in [0.1, 0.15) is 18.3 Å². The normalized spacial score (nSPS) is 46.4. The van der Waals surface area contributed by atoms with Gasteiger partial charge in [-0.3, -0.25) is 0 Å². The number of aliphatic hydroxyl groups excluding tert-OH is 4. The quantitative estimate of drug-likeness (QED) is 0.320. The maximum atomic E-state index is 9.45. The predicted octanol–water partition coefficient (Wildman–Crippen LogP) is -2.99. The lowest BCUT2D eigenvalue weighted by atomic mass is 9.97.